The van der Waals surface area contributed by atoms with Crippen LogP contribution < -0.4 is 0 Å². The van der Waals surface area contributed by atoms with Crippen LogP contribution in [0.3, 0.4) is 0 Å². The fraction of sp³-hybridized carbons (Fsp3) is 1.00. The normalized spacial score (nSPS) is 24.0. The van der Waals surface area contributed by atoms with Crippen molar-refractivity contribution in [2.75, 3.05) is 7.11 Å². The third-order valence-electron chi connectivity index (χ3n) is 2.57. The summed E-state index contributed by atoms with van der Waals surface area (Å²) in [6.07, 6.45) is 5.08. The van der Waals surface area contributed by atoms with E-state index in [2.05, 4.69) is 0 Å². The predicted octanol–water partition coefficient (Wildman–Crippen LogP) is 3.71. The first-order valence-electron chi connectivity index (χ1n) is 4.14. The van der Waals surface area contributed by atoms with E-state index in [-0.39, 0.29) is 0 Å². The molecule has 12 heavy (non-hydrogen) atoms. The Morgan fingerprint density at radius 2 is 1.58 bits per heavy atom. The largest absolute Gasteiger partial charge is 0.374 e. The second kappa shape index (κ2) is 3.91. The monoisotopic (exact) mass is 230 g/mol. The molecular weight excluding hydrogens is 218 g/mol. The first kappa shape index (κ1) is 10.9. The van der Waals surface area contributed by atoms with Crippen molar-refractivity contribution in [3.63, 3.8) is 0 Å². The molecule has 0 aromatic rings. The highest BCUT2D eigenvalue weighted by Crippen LogP contribution is 2.48. The predicted molar refractivity (Wildman–Crippen MR) is 53.1 cm³/mol. The minimum absolute atomic E-state index is 0.546. The lowest BCUT2D eigenvalue weighted by Crippen LogP contribution is -2.46. The number of hydrogen-bond donors (Lipinski definition) is 0. The van der Waals surface area contributed by atoms with E-state index in [1.54, 1.807) is 7.11 Å². The van der Waals surface area contributed by atoms with Gasteiger partial charge in [0.05, 0.1) is 0 Å². The van der Waals surface area contributed by atoms with Crippen molar-refractivity contribution >= 4 is 34.8 Å². The standard InChI is InChI=1S/C8H13Cl3O/c1-12-7(8(9,10)11)5-3-2-4-6-7/h2-6H2,1H3. The van der Waals surface area contributed by atoms with Crippen molar-refractivity contribution in [3.8, 4) is 0 Å². The molecule has 0 bridgehead atoms. The van der Waals surface area contributed by atoms with Crippen molar-refractivity contribution in [1.29, 1.82) is 0 Å². The number of rotatable bonds is 1. The van der Waals surface area contributed by atoms with Gasteiger partial charge in [-0.15, -0.1) is 0 Å². The number of halogens is 3. The summed E-state index contributed by atoms with van der Waals surface area (Å²) in [5.74, 6) is 0. The third-order valence-corrected chi connectivity index (χ3v) is 3.60. The number of ether oxygens (including phenoxy) is 1. The van der Waals surface area contributed by atoms with Gasteiger partial charge in [-0.2, -0.15) is 0 Å². The van der Waals surface area contributed by atoms with E-state index < -0.39 is 9.39 Å². The molecular formula is C8H13Cl3O. The molecule has 0 aromatic carbocycles. The molecule has 1 aliphatic rings. The summed E-state index contributed by atoms with van der Waals surface area (Å²) < 4.78 is 4.06. The third kappa shape index (κ3) is 2.01. The summed E-state index contributed by atoms with van der Waals surface area (Å²) in [6.45, 7) is 0. The SMILES string of the molecule is COC1(C(Cl)(Cl)Cl)CCCCC1. The minimum Gasteiger partial charge on any atom is -0.374 e. The fourth-order valence-electron chi connectivity index (χ4n) is 1.73. The maximum absolute atomic E-state index is 5.87. The molecule has 1 saturated carbocycles. The number of hydrogen-bond acceptors (Lipinski definition) is 1. The van der Waals surface area contributed by atoms with Gasteiger partial charge in [0.1, 0.15) is 5.60 Å². The summed E-state index contributed by atoms with van der Waals surface area (Å²) in [6, 6.07) is 0. The molecule has 0 heterocycles. The highest BCUT2D eigenvalue weighted by atomic mass is 35.6. The summed E-state index contributed by atoms with van der Waals surface area (Å²) in [5.41, 5.74) is -0.546. The zero-order chi connectivity index (χ0) is 9.24. The van der Waals surface area contributed by atoms with Crippen molar-refractivity contribution < 1.29 is 4.74 Å². The van der Waals surface area contributed by atoms with Crippen LogP contribution in [0.15, 0.2) is 0 Å². The maximum atomic E-state index is 5.87. The van der Waals surface area contributed by atoms with Gasteiger partial charge in [-0.1, -0.05) is 54.1 Å². The molecule has 1 nitrogen and oxygen atoms in total. The Hall–Kier alpha value is 0.830. The second-order valence-electron chi connectivity index (χ2n) is 3.26. The minimum atomic E-state index is -1.29. The van der Waals surface area contributed by atoms with Crippen molar-refractivity contribution in [2.45, 2.75) is 41.5 Å². The van der Waals surface area contributed by atoms with Gasteiger partial charge in [0, 0.05) is 7.11 Å². The molecule has 0 aliphatic heterocycles. The van der Waals surface area contributed by atoms with Gasteiger partial charge in [-0.3, -0.25) is 0 Å². The van der Waals surface area contributed by atoms with Crippen LogP contribution in [0.1, 0.15) is 32.1 Å². The van der Waals surface area contributed by atoms with Gasteiger partial charge in [0.2, 0.25) is 3.79 Å². The molecule has 0 saturated heterocycles. The molecule has 0 atom stereocenters. The second-order valence-corrected chi connectivity index (χ2v) is 5.54. The van der Waals surface area contributed by atoms with Crippen LogP contribution in [-0.2, 0) is 4.74 Å². The van der Waals surface area contributed by atoms with E-state index >= 15 is 0 Å². The van der Waals surface area contributed by atoms with Gasteiger partial charge in [0.15, 0.2) is 0 Å². The molecule has 0 unspecified atom stereocenters. The zero-order valence-corrected chi connectivity index (χ0v) is 9.35. The lowest BCUT2D eigenvalue weighted by Gasteiger charge is -2.41. The average Bonchev–Trinajstić information content (AvgIpc) is 2.04. The Balaban J connectivity index is 2.73. The van der Waals surface area contributed by atoms with Gasteiger partial charge in [0.25, 0.3) is 0 Å². The quantitative estimate of drug-likeness (QED) is 0.625. The van der Waals surface area contributed by atoms with Crippen molar-refractivity contribution in [3.05, 3.63) is 0 Å². The number of alkyl halides is 3. The highest BCUT2D eigenvalue weighted by Gasteiger charge is 2.49. The highest BCUT2D eigenvalue weighted by molar-refractivity contribution is 6.68. The van der Waals surface area contributed by atoms with Gasteiger partial charge >= 0.3 is 0 Å². The van der Waals surface area contributed by atoms with E-state index in [1.165, 1.54) is 6.42 Å². The molecule has 0 radical (unpaired) electrons. The van der Waals surface area contributed by atoms with Crippen LogP contribution in [0, 0.1) is 0 Å². The van der Waals surface area contributed by atoms with E-state index in [9.17, 15) is 0 Å². The molecule has 1 aliphatic carbocycles. The fourth-order valence-corrected chi connectivity index (χ4v) is 2.52. The van der Waals surface area contributed by atoms with E-state index in [0.29, 0.717) is 0 Å². The average molecular weight is 232 g/mol. The maximum Gasteiger partial charge on any atom is 0.219 e. The van der Waals surface area contributed by atoms with E-state index in [1.807, 2.05) is 0 Å². The van der Waals surface area contributed by atoms with Crippen LogP contribution >= 0.6 is 34.8 Å². The van der Waals surface area contributed by atoms with Crippen LogP contribution in [-0.4, -0.2) is 16.5 Å². The molecule has 72 valence electrons. The molecule has 1 rings (SSSR count). The summed E-state index contributed by atoms with van der Waals surface area (Å²) in [5, 5.41) is 0. The van der Waals surface area contributed by atoms with Crippen molar-refractivity contribution in [2.24, 2.45) is 0 Å². The molecule has 0 amide bonds. The summed E-state index contributed by atoms with van der Waals surface area (Å²) in [7, 11) is 1.62. The van der Waals surface area contributed by atoms with E-state index in [4.69, 9.17) is 39.5 Å². The zero-order valence-electron chi connectivity index (χ0n) is 7.08. The Labute approximate surface area is 88.3 Å². The molecule has 0 spiro atoms. The Morgan fingerprint density at radius 3 is 1.83 bits per heavy atom. The van der Waals surface area contributed by atoms with Crippen LogP contribution in [0.2, 0.25) is 0 Å². The number of methoxy groups -OCH3 is 1. The Kier molecular flexibility index (Phi) is 3.56. The Morgan fingerprint density at radius 1 is 1.08 bits per heavy atom. The van der Waals surface area contributed by atoms with Crippen LogP contribution in [0.4, 0.5) is 0 Å². The molecule has 0 N–H and O–H groups in total. The lowest BCUT2D eigenvalue weighted by atomic mass is 9.86. The van der Waals surface area contributed by atoms with Gasteiger partial charge < -0.3 is 4.74 Å². The summed E-state index contributed by atoms with van der Waals surface area (Å²) >= 11 is 17.6. The van der Waals surface area contributed by atoms with Crippen LogP contribution in [0.5, 0.6) is 0 Å². The molecule has 0 aromatic heterocycles. The van der Waals surface area contributed by atoms with Crippen molar-refractivity contribution in [1.82, 2.24) is 0 Å². The van der Waals surface area contributed by atoms with Gasteiger partial charge in [-0.25, -0.2) is 0 Å². The summed E-state index contributed by atoms with van der Waals surface area (Å²) in [4.78, 5) is 0. The van der Waals surface area contributed by atoms with Crippen LogP contribution in [0.25, 0.3) is 0 Å². The lowest BCUT2D eigenvalue weighted by molar-refractivity contribution is -0.0358. The first-order chi connectivity index (χ1) is 5.52. The Bertz CT molecular complexity index is 147. The first-order valence-corrected chi connectivity index (χ1v) is 5.27. The van der Waals surface area contributed by atoms with E-state index in [0.717, 1.165) is 25.7 Å². The smallest absolute Gasteiger partial charge is 0.219 e. The molecule has 1 fully saturated rings. The van der Waals surface area contributed by atoms with Gasteiger partial charge in [-0.05, 0) is 12.8 Å². The molecule has 4 heteroatoms. The topological polar surface area (TPSA) is 9.23 Å².